The minimum atomic E-state index is -0.577. The van der Waals surface area contributed by atoms with E-state index in [2.05, 4.69) is 68.1 Å². The van der Waals surface area contributed by atoms with E-state index in [-0.39, 0.29) is 49.0 Å². The summed E-state index contributed by atoms with van der Waals surface area (Å²) in [6.45, 7) is 6.64. The molecule has 0 aliphatic carbocycles. The Bertz CT molecular complexity index is 3940. The molecule has 1 unspecified atom stereocenters. The van der Waals surface area contributed by atoms with Gasteiger partial charge in [0.2, 0.25) is 0 Å². The van der Waals surface area contributed by atoms with E-state index in [0.717, 1.165) is 38.8 Å². The minimum Gasteiger partial charge on any atom is -0.510 e. The topological polar surface area (TPSA) is 35.9 Å². The number of para-hydroxylation sites is 2. The van der Waals surface area contributed by atoms with Gasteiger partial charge in [-0.3, -0.25) is 4.57 Å². The van der Waals surface area contributed by atoms with Crippen LogP contribution in [0.2, 0.25) is 0 Å². The molecule has 3 heterocycles. The van der Waals surface area contributed by atoms with Crippen molar-refractivity contribution in [2.24, 2.45) is 5.92 Å². The fourth-order valence-corrected chi connectivity index (χ4v) is 8.36. The second-order valence-electron chi connectivity index (χ2n) is 16.0. The largest absolute Gasteiger partial charge is 0.510 e. The van der Waals surface area contributed by atoms with E-state index >= 15 is 0 Å². The number of rotatable bonds is 10. The zero-order valence-electron chi connectivity index (χ0n) is 45.4. The first-order chi connectivity index (χ1) is 35.6. The molecule has 1 atom stereocenters. The molecule has 8 aromatic carbocycles. The van der Waals surface area contributed by atoms with Crippen LogP contribution in [0.3, 0.4) is 0 Å². The first kappa shape index (κ1) is 31.5. The van der Waals surface area contributed by atoms with Gasteiger partial charge in [-0.05, 0) is 86.1 Å². The van der Waals surface area contributed by atoms with Crippen molar-refractivity contribution in [3.05, 3.63) is 224 Å². The van der Waals surface area contributed by atoms with Gasteiger partial charge in [0.15, 0.2) is 0 Å². The summed E-state index contributed by atoms with van der Waals surface area (Å²) in [4.78, 5) is 4.84. The molecule has 11 rings (SSSR count). The number of hydrogen-bond donors (Lipinski definition) is 0. The fraction of sp³-hybridized carbons (Fsp3) is 0.0847. The third kappa shape index (κ3) is 7.77. The number of pyridine rings is 1. The Morgan fingerprint density at radius 2 is 1.29 bits per heavy atom. The fourth-order valence-electron chi connectivity index (χ4n) is 8.36. The summed E-state index contributed by atoms with van der Waals surface area (Å²) in [7, 11) is 0. The average Bonchev–Trinajstić information content (AvgIpc) is 3.97. The molecule has 0 aliphatic heterocycles. The van der Waals surface area contributed by atoms with Gasteiger partial charge in [-0.1, -0.05) is 166 Å². The number of aromatic nitrogens is 4. The van der Waals surface area contributed by atoms with Crippen LogP contribution < -0.4 is 9.30 Å². The molecular formula is C59H44N4OPt-2. The van der Waals surface area contributed by atoms with Crippen molar-refractivity contribution in [3.8, 4) is 62.1 Å². The number of nitrogens with zero attached hydrogens (tertiary/aromatic N) is 4. The normalized spacial score (nSPS) is 14.0. The Morgan fingerprint density at radius 1 is 0.600 bits per heavy atom. The van der Waals surface area contributed by atoms with Gasteiger partial charge in [-0.25, -0.2) is 4.98 Å². The van der Waals surface area contributed by atoms with E-state index in [9.17, 15) is 0 Å². The zero-order chi connectivity index (χ0) is 51.9. The first-order valence-corrected chi connectivity index (χ1v) is 21.1. The van der Waals surface area contributed by atoms with Crippen LogP contribution in [0.1, 0.15) is 46.0 Å². The predicted octanol–water partition coefficient (Wildman–Crippen LogP) is 14.4. The molecule has 0 saturated heterocycles. The summed E-state index contributed by atoms with van der Waals surface area (Å²) in [5.41, 5.74) is 6.38. The predicted molar refractivity (Wildman–Crippen MR) is 260 cm³/mol. The van der Waals surface area contributed by atoms with Gasteiger partial charge >= 0.3 is 0 Å². The molecule has 3 aromatic heterocycles. The van der Waals surface area contributed by atoms with Gasteiger partial charge in [0, 0.05) is 44.3 Å². The number of hydrogen-bond acceptors (Lipinski definition) is 2. The van der Waals surface area contributed by atoms with E-state index in [1.54, 1.807) is 33.4 Å². The zero-order valence-corrected chi connectivity index (χ0v) is 37.7. The minimum absolute atomic E-state index is 0. The van der Waals surface area contributed by atoms with E-state index < -0.39 is 60.4 Å². The smallest absolute Gasteiger partial charge is 0.268 e. The quantitative estimate of drug-likeness (QED) is 0.101. The van der Waals surface area contributed by atoms with Crippen molar-refractivity contribution in [1.29, 1.82) is 0 Å². The maximum Gasteiger partial charge on any atom is 0.268 e. The Kier molecular flexibility index (Phi) is 8.57. The molecular weight excluding hydrogens is 976 g/mol. The number of imidazole rings is 1. The van der Waals surface area contributed by atoms with Crippen molar-refractivity contribution in [2.45, 2.75) is 26.7 Å². The molecule has 0 bridgehead atoms. The second-order valence-corrected chi connectivity index (χ2v) is 16.0. The van der Waals surface area contributed by atoms with Gasteiger partial charge in [-0.15, -0.1) is 29.7 Å². The first-order valence-electron chi connectivity index (χ1n) is 26.1. The van der Waals surface area contributed by atoms with Crippen LogP contribution in [0.15, 0.2) is 200 Å². The average molecular weight is 1030 g/mol. The SMILES string of the molecule is [2H]c1c([2H])c([2H])c(-c2cccc(-c3c([2H])c([2H])c([2H])c([2H])c3[2H])c2-[n+]2[c-]n(-c3[c-]c(Oc4[c-]c5c(cc4)c4ccccc4n5-c4cc(C(C)C(C)C)ccn4)ccc3)c3ccc(-c4ccccc4)cc32)c([2H])c1[2H].[Pt]. The Labute approximate surface area is 408 Å². The molecule has 0 radical (unpaired) electrons. The summed E-state index contributed by atoms with van der Waals surface area (Å²) >= 11 is 0. The molecule has 0 saturated carbocycles. The Hall–Kier alpha value is -7.33. The third-order valence-corrected chi connectivity index (χ3v) is 11.9. The Balaban J connectivity index is 0.00000641. The van der Waals surface area contributed by atoms with Gasteiger partial charge in [-0.2, -0.15) is 18.2 Å². The maximum atomic E-state index is 9.14. The molecule has 0 N–H and O–H groups in total. The summed E-state index contributed by atoms with van der Waals surface area (Å²) in [5.74, 6) is 2.30. The van der Waals surface area contributed by atoms with E-state index in [1.807, 2.05) is 91.1 Å². The molecule has 0 spiro atoms. The molecule has 65 heavy (non-hydrogen) atoms. The molecule has 5 nitrogen and oxygen atoms in total. The van der Waals surface area contributed by atoms with E-state index in [0.29, 0.717) is 40.1 Å². The summed E-state index contributed by atoms with van der Waals surface area (Å²) in [6.07, 6.45) is 5.33. The van der Waals surface area contributed by atoms with Gasteiger partial charge in [0.05, 0.1) is 30.4 Å². The van der Waals surface area contributed by atoms with Crippen molar-refractivity contribution in [2.75, 3.05) is 0 Å². The number of ether oxygens (including phenoxy) is 1. The van der Waals surface area contributed by atoms with Gasteiger partial charge in [0.1, 0.15) is 5.82 Å². The third-order valence-electron chi connectivity index (χ3n) is 11.9. The second kappa shape index (κ2) is 17.7. The van der Waals surface area contributed by atoms with Crippen LogP contribution in [0, 0.1) is 24.4 Å². The monoisotopic (exact) mass is 1030 g/mol. The molecule has 6 heteroatoms. The van der Waals surface area contributed by atoms with Crippen LogP contribution in [-0.2, 0) is 21.1 Å². The summed E-state index contributed by atoms with van der Waals surface area (Å²) in [5, 5.41) is 2.03. The van der Waals surface area contributed by atoms with Crippen LogP contribution in [0.25, 0.3) is 83.4 Å². The number of fused-ring (bicyclic) bond motifs is 4. The van der Waals surface area contributed by atoms with Crippen LogP contribution in [0.4, 0.5) is 0 Å². The van der Waals surface area contributed by atoms with Crippen LogP contribution in [-0.4, -0.2) is 14.1 Å². The molecule has 0 fully saturated rings. The molecule has 0 amide bonds. The van der Waals surface area contributed by atoms with Crippen molar-refractivity contribution in [3.63, 3.8) is 0 Å². The van der Waals surface area contributed by atoms with Crippen molar-refractivity contribution < 1.29 is 44.1 Å². The standard InChI is InChI=1S/C59H44N4O.Pt/c1-40(2)41(3)45-33-34-60-58(36-45)63-54-28-14-13-25-52(54)53-31-30-49(38-56(53)63)64-48-24-15-23-47(37-48)61-39-62(57-35-46(29-32-55(57)61)42-17-7-4-8-18-42)59-50(43-19-9-5-10-20-43)26-16-27-51(59)44-21-11-6-12-22-44;/h4-36,40-41H,1-3H3;/q-2;/i5D,6D,9D,10D,11D,12D,19D,20D,21D,22D;. The molecule has 0 aliphatic rings. The van der Waals surface area contributed by atoms with Gasteiger partial charge in [0.25, 0.3) is 6.33 Å². The molecule has 11 aromatic rings. The van der Waals surface area contributed by atoms with E-state index in [4.69, 9.17) is 23.4 Å². The summed E-state index contributed by atoms with van der Waals surface area (Å²) in [6, 6.07) is 43.6. The Morgan fingerprint density at radius 3 is 2.03 bits per heavy atom. The summed E-state index contributed by atoms with van der Waals surface area (Å²) < 4.78 is 100. The van der Waals surface area contributed by atoms with Crippen molar-refractivity contribution >= 4 is 32.8 Å². The van der Waals surface area contributed by atoms with Gasteiger partial charge < -0.3 is 13.9 Å². The maximum absolute atomic E-state index is 9.14. The molecule has 318 valence electrons. The van der Waals surface area contributed by atoms with E-state index in [1.165, 1.54) is 5.56 Å². The number of benzene rings is 8. The van der Waals surface area contributed by atoms with Crippen LogP contribution >= 0.6 is 0 Å². The van der Waals surface area contributed by atoms with Crippen LogP contribution in [0.5, 0.6) is 11.5 Å². The van der Waals surface area contributed by atoms with Crippen molar-refractivity contribution in [1.82, 2.24) is 14.1 Å².